The number of halogens is 1. The second-order valence-corrected chi connectivity index (χ2v) is 5.39. The van der Waals surface area contributed by atoms with Crippen molar-refractivity contribution in [1.29, 1.82) is 0 Å². The van der Waals surface area contributed by atoms with Crippen molar-refractivity contribution < 1.29 is 19.1 Å². The van der Waals surface area contributed by atoms with Gasteiger partial charge in [-0.1, -0.05) is 15.9 Å². The minimum Gasteiger partial charge on any atom is -0.478 e. The van der Waals surface area contributed by atoms with E-state index < -0.39 is 6.10 Å². The fourth-order valence-electron chi connectivity index (χ4n) is 1.66. The first kappa shape index (κ1) is 17.5. The van der Waals surface area contributed by atoms with E-state index in [-0.39, 0.29) is 17.4 Å². The average molecular weight is 359 g/mol. The summed E-state index contributed by atoms with van der Waals surface area (Å²) in [6.45, 7) is 3.81. The molecule has 1 aromatic carbocycles. The lowest BCUT2D eigenvalue weighted by molar-refractivity contribution is -0.127. The van der Waals surface area contributed by atoms with Crippen LogP contribution in [0.15, 0.2) is 16.6 Å². The third kappa shape index (κ3) is 5.02. The van der Waals surface area contributed by atoms with Gasteiger partial charge in [0.05, 0.1) is 17.9 Å². The first-order valence-corrected chi connectivity index (χ1v) is 7.19. The molecule has 0 saturated carbocycles. The molecule has 7 heteroatoms. The highest BCUT2D eigenvalue weighted by Gasteiger charge is 2.20. The molecule has 0 aliphatic heterocycles. The van der Waals surface area contributed by atoms with Crippen molar-refractivity contribution >= 4 is 33.3 Å². The van der Waals surface area contributed by atoms with E-state index in [1.807, 2.05) is 0 Å². The zero-order chi connectivity index (χ0) is 16.0. The quantitative estimate of drug-likeness (QED) is 0.440. The topological polar surface area (TPSA) is 90.7 Å². The largest absolute Gasteiger partial charge is 0.478 e. The van der Waals surface area contributed by atoms with Crippen LogP contribution >= 0.6 is 15.9 Å². The molecule has 0 aromatic heterocycles. The Kier molecular flexibility index (Phi) is 6.64. The maximum absolute atomic E-state index is 11.9. The van der Waals surface area contributed by atoms with Gasteiger partial charge in [-0.2, -0.15) is 0 Å². The number of hydrogen-bond donors (Lipinski definition) is 2. The van der Waals surface area contributed by atoms with Gasteiger partial charge < -0.3 is 20.5 Å². The van der Waals surface area contributed by atoms with Crippen molar-refractivity contribution in [3.63, 3.8) is 0 Å². The van der Waals surface area contributed by atoms with Crippen LogP contribution in [0.3, 0.4) is 0 Å². The first-order valence-electron chi connectivity index (χ1n) is 6.40. The number of benzene rings is 1. The molecule has 1 rings (SSSR count). The summed E-state index contributed by atoms with van der Waals surface area (Å²) in [4.78, 5) is 23.5. The normalized spacial score (nSPS) is 11.8. The molecule has 0 aliphatic carbocycles. The highest BCUT2D eigenvalue weighted by molar-refractivity contribution is 9.10. The van der Waals surface area contributed by atoms with Gasteiger partial charge in [0.15, 0.2) is 17.6 Å². The third-order valence-corrected chi connectivity index (χ3v) is 3.19. The number of rotatable bonds is 7. The molecule has 21 heavy (non-hydrogen) atoms. The summed E-state index contributed by atoms with van der Waals surface area (Å²) in [6.07, 6.45) is -0.775. The molecule has 3 N–H and O–H groups in total. The molecule has 116 valence electrons. The summed E-state index contributed by atoms with van der Waals surface area (Å²) < 4.78 is 11.1. The zero-order valence-corrected chi connectivity index (χ0v) is 13.8. The van der Waals surface area contributed by atoms with Crippen LogP contribution in [-0.2, 0) is 9.53 Å². The Hall–Kier alpha value is -1.60. The van der Waals surface area contributed by atoms with E-state index in [0.717, 1.165) is 0 Å². The van der Waals surface area contributed by atoms with E-state index in [9.17, 15) is 9.59 Å². The van der Waals surface area contributed by atoms with Crippen LogP contribution in [0.25, 0.3) is 0 Å². The van der Waals surface area contributed by atoms with Crippen molar-refractivity contribution in [2.24, 2.45) is 0 Å². The number of amides is 1. The first-order chi connectivity index (χ1) is 9.86. The van der Waals surface area contributed by atoms with Gasteiger partial charge in [0, 0.05) is 18.1 Å². The molecule has 0 spiro atoms. The zero-order valence-electron chi connectivity index (χ0n) is 12.2. The number of nitrogens with one attached hydrogen (secondary N) is 1. The van der Waals surface area contributed by atoms with E-state index in [1.54, 1.807) is 26.2 Å². The van der Waals surface area contributed by atoms with Gasteiger partial charge in [0.1, 0.15) is 0 Å². The summed E-state index contributed by atoms with van der Waals surface area (Å²) in [7, 11) is 1.55. The number of nitrogens with two attached hydrogens (primary N) is 1. The fraction of sp³-hybridized carbons (Fsp3) is 0.429. The summed E-state index contributed by atoms with van der Waals surface area (Å²) >= 11 is 3.27. The van der Waals surface area contributed by atoms with Gasteiger partial charge >= 0.3 is 0 Å². The van der Waals surface area contributed by atoms with Crippen LogP contribution in [0.2, 0.25) is 0 Å². The molecule has 0 radical (unpaired) electrons. The predicted molar refractivity (Wildman–Crippen MR) is 83.5 cm³/mol. The second-order valence-electron chi connectivity index (χ2n) is 4.47. The minimum atomic E-state index is -0.775. The lowest BCUT2D eigenvalue weighted by atomic mass is 10.1. The molecule has 0 heterocycles. The summed E-state index contributed by atoms with van der Waals surface area (Å²) in [5, 5.41) is 2.66. The highest BCUT2D eigenvalue weighted by Crippen LogP contribution is 2.31. The van der Waals surface area contributed by atoms with Gasteiger partial charge in [0.25, 0.3) is 5.91 Å². The van der Waals surface area contributed by atoms with Crippen LogP contribution in [0.5, 0.6) is 5.75 Å². The molecular formula is C14H19BrN2O4. The SMILES string of the molecule is COCCNC(=O)C(C)Oc1c(N)cc(Br)cc1C(C)=O. The molecular weight excluding hydrogens is 340 g/mol. The van der Waals surface area contributed by atoms with Crippen LogP contribution < -0.4 is 15.8 Å². The number of methoxy groups -OCH3 is 1. The Bertz CT molecular complexity index is 534. The maximum Gasteiger partial charge on any atom is 0.260 e. The monoisotopic (exact) mass is 358 g/mol. The van der Waals surface area contributed by atoms with Crippen molar-refractivity contribution in [3.05, 3.63) is 22.2 Å². The van der Waals surface area contributed by atoms with Crippen LogP contribution in [-0.4, -0.2) is 38.1 Å². The summed E-state index contributed by atoms with van der Waals surface area (Å²) in [6, 6.07) is 3.24. The molecule has 1 aromatic rings. The molecule has 0 fully saturated rings. The van der Waals surface area contributed by atoms with Gasteiger partial charge in [-0.05, 0) is 26.0 Å². The molecule has 1 unspecified atom stereocenters. The van der Waals surface area contributed by atoms with Gasteiger partial charge in [-0.25, -0.2) is 0 Å². The number of anilines is 1. The van der Waals surface area contributed by atoms with Crippen molar-refractivity contribution in [3.8, 4) is 5.75 Å². The van der Waals surface area contributed by atoms with E-state index in [1.165, 1.54) is 6.92 Å². The summed E-state index contributed by atoms with van der Waals surface area (Å²) in [5.41, 5.74) is 6.50. The Morgan fingerprint density at radius 2 is 2.10 bits per heavy atom. The van der Waals surface area contributed by atoms with Crippen LogP contribution in [0.4, 0.5) is 5.69 Å². The Morgan fingerprint density at radius 3 is 2.67 bits per heavy atom. The smallest absolute Gasteiger partial charge is 0.260 e. The highest BCUT2D eigenvalue weighted by atomic mass is 79.9. The number of Topliss-reactive ketones (excluding diaryl/α,β-unsaturated/α-hetero) is 1. The molecule has 0 saturated heterocycles. The lowest BCUT2D eigenvalue weighted by Gasteiger charge is -2.18. The van der Waals surface area contributed by atoms with Crippen LogP contribution in [0, 0.1) is 0 Å². The molecule has 0 aliphatic rings. The Labute approximate surface area is 132 Å². The molecule has 1 amide bonds. The van der Waals surface area contributed by atoms with E-state index in [2.05, 4.69) is 21.2 Å². The van der Waals surface area contributed by atoms with Gasteiger partial charge in [0.2, 0.25) is 0 Å². The Balaban J connectivity index is 2.87. The van der Waals surface area contributed by atoms with Crippen molar-refractivity contribution in [2.75, 3.05) is 26.0 Å². The molecule has 0 bridgehead atoms. The third-order valence-electron chi connectivity index (χ3n) is 2.73. The van der Waals surface area contributed by atoms with E-state index in [4.69, 9.17) is 15.2 Å². The predicted octanol–water partition coefficient (Wildman–Crippen LogP) is 1.76. The number of ether oxygens (including phenoxy) is 2. The summed E-state index contributed by atoms with van der Waals surface area (Å²) in [5.74, 6) is -0.269. The number of hydrogen-bond acceptors (Lipinski definition) is 5. The molecule has 6 nitrogen and oxygen atoms in total. The standard InChI is InChI=1S/C14H19BrN2O4/c1-8(18)11-6-10(15)7-12(16)13(11)21-9(2)14(19)17-4-5-20-3/h6-7,9H,4-5,16H2,1-3H3,(H,17,19). The van der Waals surface area contributed by atoms with E-state index >= 15 is 0 Å². The fourth-order valence-corrected chi connectivity index (χ4v) is 2.13. The second kappa shape index (κ2) is 7.99. The average Bonchev–Trinajstić information content (AvgIpc) is 2.41. The number of carbonyl (C=O) groups excluding carboxylic acids is 2. The number of carbonyl (C=O) groups is 2. The number of nitrogen functional groups attached to an aromatic ring is 1. The lowest BCUT2D eigenvalue weighted by Crippen LogP contribution is -2.38. The van der Waals surface area contributed by atoms with E-state index in [0.29, 0.717) is 28.9 Å². The van der Waals surface area contributed by atoms with Crippen molar-refractivity contribution in [1.82, 2.24) is 5.32 Å². The van der Waals surface area contributed by atoms with Crippen LogP contribution in [0.1, 0.15) is 24.2 Å². The minimum absolute atomic E-state index is 0.190. The van der Waals surface area contributed by atoms with Crippen molar-refractivity contribution in [2.45, 2.75) is 20.0 Å². The Morgan fingerprint density at radius 1 is 1.43 bits per heavy atom. The van der Waals surface area contributed by atoms with Gasteiger partial charge in [-0.3, -0.25) is 9.59 Å². The number of ketones is 1. The maximum atomic E-state index is 11.9. The van der Waals surface area contributed by atoms with Gasteiger partial charge in [-0.15, -0.1) is 0 Å². The molecule has 1 atom stereocenters.